The van der Waals surface area contributed by atoms with Crippen LogP contribution in [0.25, 0.3) is 0 Å². The maximum Gasteiger partial charge on any atom is 0.243 e. The van der Waals surface area contributed by atoms with Gasteiger partial charge in [0, 0.05) is 24.7 Å². The second-order valence-electron chi connectivity index (χ2n) is 6.75. The lowest BCUT2D eigenvalue weighted by atomic mass is 9.97. The molecule has 2 aromatic rings. The SMILES string of the molecule is C=CCOc1ccc(NC(=O)C2CCN(S(=O)(=O)c3ccc(F)cc3)CC2)cc1. The van der Waals surface area contributed by atoms with Crippen LogP contribution in [-0.4, -0.2) is 38.3 Å². The van der Waals surface area contributed by atoms with Gasteiger partial charge < -0.3 is 10.1 Å². The monoisotopic (exact) mass is 418 g/mol. The summed E-state index contributed by atoms with van der Waals surface area (Å²) < 4.78 is 45.1. The van der Waals surface area contributed by atoms with Crippen LogP contribution in [0.3, 0.4) is 0 Å². The highest BCUT2D eigenvalue weighted by Gasteiger charge is 2.32. The third-order valence-electron chi connectivity index (χ3n) is 4.77. The summed E-state index contributed by atoms with van der Waals surface area (Å²) in [6.07, 6.45) is 2.50. The van der Waals surface area contributed by atoms with Gasteiger partial charge in [-0.15, -0.1) is 0 Å². The predicted octanol–water partition coefficient (Wildman–Crippen LogP) is 3.43. The van der Waals surface area contributed by atoms with Gasteiger partial charge in [-0.2, -0.15) is 4.31 Å². The van der Waals surface area contributed by atoms with Crippen molar-refractivity contribution in [1.82, 2.24) is 4.31 Å². The molecule has 0 atom stereocenters. The van der Waals surface area contributed by atoms with Crippen LogP contribution in [0.2, 0.25) is 0 Å². The Balaban J connectivity index is 1.55. The zero-order chi connectivity index (χ0) is 20.9. The van der Waals surface area contributed by atoms with Crippen LogP contribution in [0.5, 0.6) is 5.75 Å². The van der Waals surface area contributed by atoms with Gasteiger partial charge in [0.2, 0.25) is 15.9 Å². The van der Waals surface area contributed by atoms with Crippen LogP contribution < -0.4 is 10.1 Å². The number of nitrogens with one attached hydrogen (secondary N) is 1. The maximum atomic E-state index is 13.0. The molecule has 1 N–H and O–H groups in total. The van der Waals surface area contributed by atoms with Gasteiger partial charge in [-0.25, -0.2) is 12.8 Å². The number of ether oxygens (including phenoxy) is 1. The van der Waals surface area contributed by atoms with E-state index >= 15 is 0 Å². The molecule has 8 heteroatoms. The van der Waals surface area contributed by atoms with Gasteiger partial charge in [0.1, 0.15) is 18.2 Å². The summed E-state index contributed by atoms with van der Waals surface area (Å²) in [4.78, 5) is 12.6. The molecule has 0 unspecified atom stereocenters. The summed E-state index contributed by atoms with van der Waals surface area (Å²) in [5, 5.41) is 2.86. The minimum absolute atomic E-state index is 0.0561. The average molecular weight is 418 g/mol. The summed E-state index contributed by atoms with van der Waals surface area (Å²) in [6.45, 7) is 4.48. The number of sulfonamides is 1. The third-order valence-corrected chi connectivity index (χ3v) is 6.68. The smallest absolute Gasteiger partial charge is 0.243 e. The Hall–Kier alpha value is -2.71. The van der Waals surface area contributed by atoms with E-state index in [2.05, 4.69) is 11.9 Å². The van der Waals surface area contributed by atoms with Crippen LogP contribution in [0.1, 0.15) is 12.8 Å². The van der Waals surface area contributed by atoms with Crippen LogP contribution in [0, 0.1) is 11.7 Å². The highest BCUT2D eigenvalue weighted by molar-refractivity contribution is 7.89. The van der Waals surface area contributed by atoms with E-state index in [4.69, 9.17) is 4.74 Å². The standard InChI is InChI=1S/C21H23FN2O4S/c1-2-15-28-19-7-5-18(6-8-19)23-21(25)16-11-13-24(14-12-16)29(26,27)20-9-3-17(22)4-10-20/h2-10,16H,1,11-15H2,(H,23,25). The van der Waals surface area contributed by atoms with Crippen molar-refractivity contribution in [3.8, 4) is 5.75 Å². The molecule has 0 aliphatic carbocycles. The highest BCUT2D eigenvalue weighted by atomic mass is 32.2. The molecule has 0 bridgehead atoms. The molecule has 0 saturated carbocycles. The van der Waals surface area contributed by atoms with Crippen LogP contribution >= 0.6 is 0 Å². The van der Waals surface area contributed by atoms with Gasteiger partial charge in [-0.05, 0) is 61.4 Å². The zero-order valence-electron chi connectivity index (χ0n) is 15.9. The molecular weight excluding hydrogens is 395 g/mol. The first-order chi connectivity index (χ1) is 13.9. The van der Waals surface area contributed by atoms with Gasteiger partial charge in [0.15, 0.2) is 0 Å². The van der Waals surface area contributed by atoms with Crippen molar-refractivity contribution >= 4 is 21.6 Å². The number of benzene rings is 2. The quantitative estimate of drug-likeness (QED) is 0.699. The lowest BCUT2D eigenvalue weighted by molar-refractivity contribution is -0.120. The Bertz CT molecular complexity index is 951. The molecule has 0 radical (unpaired) electrons. The van der Waals surface area contributed by atoms with Gasteiger partial charge in [-0.3, -0.25) is 4.79 Å². The number of amides is 1. The van der Waals surface area contributed by atoms with Crippen molar-refractivity contribution in [1.29, 1.82) is 0 Å². The third kappa shape index (κ3) is 5.21. The number of piperidine rings is 1. The number of halogens is 1. The Labute approximate surface area is 170 Å². The second-order valence-corrected chi connectivity index (χ2v) is 8.68. The molecule has 3 rings (SSSR count). The molecule has 6 nitrogen and oxygen atoms in total. The normalized spacial score (nSPS) is 15.6. The number of hydrogen-bond donors (Lipinski definition) is 1. The van der Waals surface area contributed by atoms with Crippen molar-refractivity contribution in [2.24, 2.45) is 5.92 Å². The predicted molar refractivity (Wildman–Crippen MR) is 109 cm³/mol. The van der Waals surface area contributed by atoms with Crippen LogP contribution in [0.15, 0.2) is 66.1 Å². The van der Waals surface area contributed by atoms with Gasteiger partial charge in [0.05, 0.1) is 4.90 Å². The van der Waals surface area contributed by atoms with E-state index in [-0.39, 0.29) is 29.8 Å². The number of anilines is 1. The van der Waals surface area contributed by atoms with Crippen molar-refractivity contribution in [2.45, 2.75) is 17.7 Å². The molecular formula is C21H23FN2O4S. The Kier molecular flexibility index (Phi) is 6.66. The average Bonchev–Trinajstić information content (AvgIpc) is 2.73. The number of nitrogens with zero attached hydrogens (tertiary/aromatic N) is 1. The number of carbonyl (C=O) groups excluding carboxylic acids is 1. The first-order valence-corrected chi connectivity index (χ1v) is 10.7. The molecule has 2 aromatic carbocycles. The van der Waals surface area contributed by atoms with E-state index in [9.17, 15) is 17.6 Å². The fourth-order valence-electron chi connectivity index (χ4n) is 3.15. The fraction of sp³-hybridized carbons (Fsp3) is 0.286. The van der Waals surface area contributed by atoms with Crippen molar-refractivity contribution < 1.29 is 22.3 Å². The maximum absolute atomic E-state index is 13.0. The molecule has 1 aliphatic rings. The lowest BCUT2D eigenvalue weighted by Crippen LogP contribution is -2.41. The van der Waals surface area contributed by atoms with E-state index in [1.54, 1.807) is 30.3 Å². The van der Waals surface area contributed by atoms with Crippen molar-refractivity contribution in [2.75, 3.05) is 25.0 Å². The Morgan fingerprint density at radius 1 is 1.14 bits per heavy atom. The van der Waals surface area contributed by atoms with Crippen LogP contribution in [-0.2, 0) is 14.8 Å². The van der Waals surface area contributed by atoms with E-state index in [1.165, 1.54) is 16.4 Å². The summed E-state index contributed by atoms with van der Waals surface area (Å²) in [5.74, 6) is -0.211. The molecule has 1 aliphatic heterocycles. The Morgan fingerprint density at radius 2 is 1.76 bits per heavy atom. The van der Waals surface area contributed by atoms with Crippen molar-refractivity contribution in [3.63, 3.8) is 0 Å². The molecule has 1 amide bonds. The van der Waals surface area contributed by atoms with Gasteiger partial charge in [0.25, 0.3) is 0 Å². The minimum atomic E-state index is -3.69. The molecule has 0 aromatic heterocycles. The largest absolute Gasteiger partial charge is 0.490 e. The lowest BCUT2D eigenvalue weighted by Gasteiger charge is -2.30. The molecule has 1 heterocycles. The second kappa shape index (κ2) is 9.19. The molecule has 0 spiro atoms. The molecule has 1 saturated heterocycles. The van der Waals surface area contributed by atoms with E-state index in [0.717, 1.165) is 12.1 Å². The Morgan fingerprint density at radius 3 is 2.34 bits per heavy atom. The minimum Gasteiger partial charge on any atom is -0.490 e. The summed E-state index contributed by atoms with van der Waals surface area (Å²) in [7, 11) is -3.69. The first-order valence-electron chi connectivity index (χ1n) is 9.30. The van der Waals surface area contributed by atoms with Gasteiger partial charge >= 0.3 is 0 Å². The van der Waals surface area contributed by atoms with E-state index < -0.39 is 15.8 Å². The topological polar surface area (TPSA) is 75.7 Å². The van der Waals surface area contributed by atoms with Crippen molar-refractivity contribution in [3.05, 3.63) is 67.0 Å². The number of rotatable bonds is 7. The fourth-order valence-corrected chi connectivity index (χ4v) is 4.62. The summed E-state index contributed by atoms with van der Waals surface area (Å²) >= 11 is 0. The summed E-state index contributed by atoms with van der Waals surface area (Å²) in [5.41, 5.74) is 0.655. The van der Waals surface area contributed by atoms with Gasteiger partial charge in [-0.1, -0.05) is 12.7 Å². The zero-order valence-corrected chi connectivity index (χ0v) is 16.7. The summed E-state index contributed by atoms with van der Waals surface area (Å²) in [6, 6.07) is 11.8. The number of carbonyl (C=O) groups is 1. The molecule has 154 valence electrons. The van der Waals surface area contributed by atoms with E-state index in [0.29, 0.717) is 30.9 Å². The first kappa shape index (κ1) is 21.0. The highest BCUT2D eigenvalue weighted by Crippen LogP contribution is 2.25. The van der Waals surface area contributed by atoms with Crippen LogP contribution in [0.4, 0.5) is 10.1 Å². The number of hydrogen-bond acceptors (Lipinski definition) is 4. The van der Waals surface area contributed by atoms with E-state index in [1.807, 2.05) is 0 Å². The molecule has 1 fully saturated rings. The molecule has 29 heavy (non-hydrogen) atoms.